The third-order valence-electron chi connectivity index (χ3n) is 2.56. The maximum absolute atomic E-state index is 11.9. The summed E-state index contributed by atoms with van der Waals surface area (Å²) in [6.45, 7) is 0. The lowest BCUT2D eigenvalue weighted by atomic mass is 10.3. The molecule has 7 nitrogen and oxygen atoms in total. The summed E-state index contributed by atoms with van der Waals surface area (Å²) in [7, 11) is 0. The van der Waals surface area contributed by atoms with Crippen LogP contribution in [0.2, 0.25) is 0 Å². The highest BCUT2D eigenvalue weighted by molar-refractivity contribution is 6.04. The molecule has 0 saturated heterocycles. The molecular formula is C13H11N5O2. The first-order valence-electron chi connectivity index (χ1n) is 5.90. The van der Waals surface area contributed by atoms with Crippen molar-refractivity contribution in [1.82, 2.24) is 15.9 Å². The van der Waals surface area contributed by atoms with E-state index in [0.29, 0.717) is 5.56 Å². The van der Waals surface area contributed by atoms with Gasteiger partial charge in [-0.25, -0.2) is 0 Å². The molecule has 20 heavy (non-hydrogen) atoms. The average molecular weight is 269 g/mol. The molecule has 0 fully saturated rings. The minimum absolute atomic E-state index is 0.0720. The van der Waals surface area contributed by atoms with E-state index >= 15 is 0 Å². The summed E-state index contributed by atoms with van der Waals surface area (Å²) in [6, 6.07) is 12.8. The summed E-state index contributed by atoms with van der Waals surface area (Å²) in [5, 5.41) is 8.04. The topological polar surface area (TPSA) is 78.9 Å². The van der Waals surface area contributed by atoms with Crippen LogP contribution in [-0.2, 0) is 4.84 Å². The average Bonchev–Trinajstić information content (AvgIpc) is 2.97. The molecule has 0 unspecified atom stereocenters. The highest BCUT2D eigenvalue weighted by Crippen LogP contribution is 2.13. The number of benzene rings is 1. The van der Waals surface area contributed by atoms with Crippen LogP contribution in [0.1, 0.15) is 10.4 Å². The number of hydrogen-bond donors (Lipinski definition) is 2. The number of hydrazine groups is 1. The zero-order valence-corrected chi connectivity index (χ0v) is 10.4. The maximum Gasteiger partial charge on any atom is 0.337 e. The molecule has 1 aliphatic rings. The molecule has 2 aromatic rings. The van der Waals surface area contributed by atoms with E-state index in [-0.39, 0.29) is 11.9 Å². The molecule has 1 aromatic carbocycles. The number of nitrogens with zero attached hydrogens (tertiary/aromatic N) is 3. The van der Waals surface area contributed by atoms with E-state index in [1.807, 2.05) is 30.3 Å². The van der Waals surface area contributed by atoms with Gasteiger partial charge in [0.05, 0.1) is 11.3 Å². The number of pyridine rings is 1. The second-order valence-electron chi connectivity index (χ2n) is 3.94. The number of para-hydroxylation sites is 1. The molecule has 1 aliphatic heterocycles. The van der Waals surface area contributed by atoms with Crippen molar-refractivity contribution in [3.05, 3.63) is 60.4 Å². The number of amidine groups is 1. The predicted molar refractivity (Wildman–Crippen MR) is 72.3 cm³/mol. The lowest BCUT2D eigenvalue weighted by Crippen LogP contribution is -2.33. The first-order chi connectivity index (χ1) is 9.83. The van der Waals surface area contributed by atoms with E-state index in [4.69, 9.17) is 4.84 Å². The van der Waals surface area contributed by atoms with Gasteiger partial charge in [-0.1, -0.05) is 23.3 Å². The number of carbonyl (C=O) groups excluding carboxylic acids is 1. The van der Waals surface area contributed by atoms with Gasteiger partial charge in [0.25, 0.3) is 5.91 Å². The molecule has 1 amide bonds. The zero-order chi connectivity index (χ0) is 13.8. The summed E-state index contributed by atoms with van der Waals surface area (Å²) in [6.07, 6.45) is 3.06. The number of amides is 1. The first-order valence-corrected chi connectivity index (χ1v) is 5.90. The number of carbonyl (C=O) groups is 1. The minimum Gasteiger partial charge on any atom is -0.347 e. The van der Waals surface area contributed by atoms with E-state index in [1.54, 1.807) is 18.3 Å². The number of rotatable bonds is 2. The lowest BCUT2D eigenvalue weighted by Gasteiger charge is -2.09. The molecule has 0 aliphatic carbocycles. The van der Waals surface area contributed by atoms with Gasteiger partial charge in [0.1, 0.15) is 0 Å². The van der Waals surface area contributed by atoms with Crippen LogP contribution >= 0.6 is 0 Å². The van der Waals surface area contributed by atoms with Gasteiger partial charge in [-0.15, -0.1) is 0 Å². The van der Waals surface area contributed by atoms with Gasteiger partial charge in [-0.3, -0.25) is 15.1 Å². The van der Waals surface area contributed by atoms with E-state index in [9.17, 15) is 4.79 Å². The van der Waals surface area contributed by atoms with Gasteiger partial charge < -0.3 is 4.84 Å². The minimum atomic E-state index is -0.339. The van der Waals surface area contributed by atoms with Crippen LogP contribution in [0.3, 0.4) is 0 Å². The van der Waals surface area contributed by atoms with Crippen molar-refractivity contribution in [2.75, 3.05) is 5.12 Å². The monoisotopic (exact) mass is 269 g/mol. The van der Waals surface area contributed by atoms with Gasteiger partial charge in [-0.2, -0.15) is 5.12 Å². The molecule has 0 atom stereocenters. The first kappa shape index (κ1) is 12.1. The Balaban J connectivity index is 1.69. The predicted octanol–water partition coefficient (Wildman–Crippen LogP) is 1.04. The summed E-state index contributed by atoms with van der Waals surface area (Å²) in [4.78, 5) is 20.8. The van der Waals surface area contributed by atoms with Crippen molar-refractivity contribution in [1.29, 1.82) is 0 Å². The Labute approximate surface area is 114 Å². The van der Waals surface area contributed by atoms with Crippen molar-refractivity contribution >= 4 is 17.6 Å². The summed E-state index contributed by atoms with van der Waals surface area (Å²) in [5.41, 5.74) is 3.80. The van der Waals surface area contributed by atoms with E-state index < -0.39 is 0 Å². The van der Waals surface area contributed by atoms with Gasteiger partial charge in [0, 0.05) is 12.4 Å². The molecule has 7 heteroatoms. The van der Waals surface area contributed by atoms with Gasteiger partial charge in [0.2, 0.25) is 0 Å². The van der Waals surface area contributed by atoms with Crippen LogP contribution in [0.5, 0.6) is 0 Å². The molecule has 1 aromatic heterocycles. The van der Waals surface area contributed by atoms with Crippen LogP contribution in [-0.4, -0.2) is 16.9 Å². The van der Waals surface area contributed by atoms with Gasteiger partial charge in [0.15, 0.2) is 0 Å². The molecule has 2 N–H and O–H groups in total. The van der Waals surface area contributed by atoms with Gasteiger partial charge >= 0.3 is 6.02 Å². The van der Waals surface area contributed by atoms with Crippen LogP contribution < -0.4 is 16.0 Å². The molecule has 3 rings (SSSR count). The number of anilines is 1. The number of hydrogen-bond acceptors (Lipinski definition) is 6. The second-order valence-corrected chi connectivity index (χ2v) is 3.94. The van der Waals surface area contributed by atoms with Crippen LogP contribution in [0, 0.1) is 0 Å². The Morgan fingerprint density at radius 3 is 2.80 bits per heavy atom. The quantitative estimate of drug-likeness (QED) is 0.851. The van der Waals surface area contributed by atoms with Crippen LogP contribution in [0.15, 0.2) is 60.0 Å². The molecule has 2 heterocycles. The van der Waals surface area contributed by atoms with E-state index in [2.05, 4.69) is 21.0 Å². The van der Waals surface area contributed by atoms with Crippen molar-refractivity contribution in [2.45, 2.75) is 0 Å². The number of aromatic nitrogens is 1. The Morgan fingerprint density at radius 2 is 2.05 bits per heavy atom. The second kappa shape index (κ2) is 5.37. The molecule has 0 saturated carbocycles. The fourth-order valence-electron chi connectivity index (χ4n) is 1.61. The highest BCUT2D eigenvalue weighted by atomic mass is 16.7. The fourth-order valence-corrected chi connectivity index (χ4v) is 1.61. The van der Waals surface area contributed by atoms with Crippen molar-refractivity contribution in [3.63, 3.8) is 0 Å². The summed E-state index contributed by atoms with van der Waals surface area (Å²) >= 11 is 0. The summed E-state index contributed by atoms with van der Waals surface area (Å²) in [5.74, 6) is -0.339. The molecular weight excluding hydrogens is 258 g/mol. The molecule has 0 bridgehead atoms. The third kappa shape index (κ3) is 2.57. The van der Waals surface area contributed by atoms with Crippen molar-refractivity contribution < 1.29 is 9.63 Å². The van der Waals surface area contributed by atoms with Crippen molar-refractivity contribution in [3.8, 4) is 0 Å². The molecule has 0 radical (unpaired) electrons. The standard InChI is InChI=1S/C13H11N5O2/c19-12(10-5-4-8-14-9-10)15-13-16-18(17-20-13)11-6-2-1-3-7-11/h1-9,17H,(H,15,16,19). The normalized spacial score (nSPS) is 13.6. The Morgan fingerprint density at radius 1 is 1.20 bits per heavy atom. The Kier molecular flexibility index (Phi) is 3.25. The molecule has 0 spiro atoms. The fraction of sp³-hybridized carbons (Fsp3) is 0. The lowest BCUT2D eigenvalue weighted by molar-refractivity contribution is 0.0958. The SMILES string of the molecule is O=C(NC1=NN(c2ccccc2)NO1)c1cccnc1. The zero-order valence-electron chi connectivity index (χ0n) is 10.4. The summed E-state index contributed by atoms with van der Waals surface area (Å²) < 4.78 is 0. The highest BCUT2D eigenvalue weighted by Gasteiger charge is 2.19. The Hall–Kier alpha value is -2.93. The van der Waals surface area contributed by atoms with Gasteiger partial charge in [-0.05, 0) is 29.9 Å². The van der Waals surface area contributed by atoms with Crippen LogP contribution in [0.4, 0.5) is 5.69 Å². The smallest absolute Gasteiger partial charge is 0.337 e. The van der Waals surface area contributed by atoms with Crippen LogP contribution in [0.25, 0.3) is 0 Å². The van der Waals surface area contributed by atoms with E-state index in [0.717, 1.165) is 5.69 Å². The maximum atomic E-state index is 11.9. The van der Waals surface area contributed by atoms with E-state index in [1.165, 1.54) is 11.3 Å². The molecule has 100 valence electrons. The largest absolute Gasteiger partial charge is 0.347 e. The Bertz CT molecular complexity index is 630. The number of nitrogens with one attached hydrogen (secondary N) is 2. The van der Waals surface area contributed by atoms with Crippen molar-refractivity contribution in [2.24, 2.45) is 5.10 Å². The third-order valence-corrected chi connectivity index (χ3v) is 2.56. The number of hydrazone groups is 1.